The molecule has 1 N–H and O–H groups in total. The number of piperidine rings is 1. The SMILES string of the molecule is CCC(NCC1CCCCN1C)c1cccc(Br)c1. The fraction of sp³-hybridized carbons (Fsp3) is 0.625. The topological polar surface area (TPSA) is 15.3 Å². The highest BCUT2D eigenvalue weighted by Crippen LogP contribution is 2.21. The molecule has 1 aliphatic heterocycles. The molecule has 0 bridgehead atoms. The number of likely N-dealkylation sites (tertiary alicyclic amines) is 1. The van der Waals surface area contributed by atoms with Crippen molar-refractivity contribution in [3.63, 3.8) is 0 Å². The summed E-state index contributed by atoms with van der Waals surface area (Å²) in [5.74, 6) is 0. The van der Waals surface area contributed by atoms with Crippen LogP contribution in [-0.2, 0) is 0 Å². The lowest BCUT2D eigenvalue weighted by molar-refractivity contribution is 0.177. The molecule has 0 aromatic heterocycles. The Balaban J connectivity index is 1.92. The Bertz CT molecular complexity index is 394. The van der Waals surface area contributed by atoms with Gasteiger partial charge in [-0.25, -0.2) is 0 Å². The van der Waals surface area contributed by atoms with Gasteiger partial charge in [0.2, 0.25) is 0 Å². The van der Waals surface area contributed by atoms with Gasteiger partial charge in [-0.1, -0.05) is 41.4 Å². The van der Waals surface area contributed by atoms with Crippen LogP contribution in [0.15, 0.2) is 28.7 Å². The molecule has 0 saturated carbocycles. The van der Waals surface area contributed by atoms with Gasteiger partial charge in [0.15, 0.2) is 0 Å². The summed E-state index contributed by atoms with van der Waals surface area (Å²) >= 11 is 3.56. The van der Waals surface area contributed by atoms with Crippen LogP contribution in [0, 0.1) is 0 Å². The van der Waals surface area contributed by atoms with E-state index in [2.05, 4.69) is 64.4 Å². The standard InChI is InChI=1S/C16H25BrN2/c1-3-16(13-7-6-8-14(17)11-13)18-12-15-9-4-5-10-19(15)2/h6-8,11,15-16,18H,3-5,9-10,12H2,1-2H3. The third kappa shape index (κ3) is 4.30. The fourth-order valence-electron chi connectivity index (χ4n) is 2.90. The first-order valence-corrected chi connectivity index (χ1v) is 8.19. The molecular weight excluding hydrogens is 300 g/mol. The van der Waals surface area contributed by atoms with Crippen molar-refractivity contribution in [2.75, 3.05) is 20.1 Å². The predicted octanol–water partition coefficient (Wildman–Crippen LogP) is 3.97. The van der Waals surface area contributed by atoms with E-state index in [1.165, 1.54) is 35.8 Å². The Kier molecular flexibility index (Phi) is 5.86. The highest BCUT2D eigenvalue weighted by Gasteiger charge is 2.20. The minimum absolute atomic E-state index is 0.466. The van der Waals surface area contributed by atoms with E-state index in [1.54, 1.807) is 0 Å². The average molecular weight is 325 g/mol. The Morgan fingerprint density at radius 1 is 1.42 bits per heavy atom. The smallest absolute Gasteiger partial charge is 0.0318 e. The number of likely N-dealkylation sites (N-methyl/N-ethyl adjacent to an activating group) is 1. The molecule has 0 aliphatic carbocycles. The Morgan fingerprint density at radius 3 is 2.95 bits per heavy atom. The number of nitrogens with zero attached hydrogens (tertiary/aromatic N) is 1. The predicted molar refractivity (Wildman–Crippen MR) is 85.4 cm³/mol. The summed E-state index contributed by atoms with van der Waals surface area (Å²) in [7, 11) is 2.26. The molecule has 1 fully saturated rings. The molecule has 2 nitrogen and oxygen atoms in total. The van der Waals surface area contributed by atoms with Crippen molar-refractivity contribution >= 4 is 15.9 Å². The van der Waals surface area contributed by atoms with Crippen molar-refractivity contribution in [1.82, 2.24) is 10.2 Å². The number of hydrogen-bond acceptors (Lipinski definition) is 2. The van der Waals surface area contributed by atoms with Gasteiger partial charge in [-0.15, -0.1) is 0 Å². The first-order valence-electron chi connectivity index (χ1n) is 7.39. The maximum absolute atomic E-state index is 3.75. The van der Waals surface area contributed by atoms with Gasteiger partial charge in [0.05, 0.1) is 0 Å². The molecule has 19 heavy (non-hydrogen) atoms. The van der Waals surface area contributed by atoms with Gasteiger partial charge in [0.25, 0.3) is 0 Å². The van der Waals surface area contributed by atoms with Crippen molar-refractivity contribution in [2.24, 2.45) is 0 Å². The van der Waals surface area contributed by atoms with Crippen molar-refractivity contribution in [2.45, 2.75) is 44.7 Å². The fourth-order valence-corrected chi connectivity index (χ4v) is 3.32. The second-order valence-corrected chi connectivity index (χ2v) is 6.47. The highest BCUT2D eigenvalue weighted by molar-refractivity contribution is 9.10. The molecule has 0 amide bonds. The van der Waals surface area contributed by atoms with Gasteiger partial charge in [0, 0.05) is 23.1 Å². The zero-order valence-electron chi connectivity index (χ0n) is 12.0. The van der Waals surface area contributed by atoms with Gasteiger partial charge >= 0.3 is 0 Å². The molecular formula is C16H25BrN2. The third-order valence-corrected chi connectivity index (χ3v) is 4.67. The molecule has 1 aliphatic rings. The van der Waals surface area contributed by atoms with Gasteiger partial charge in [-0.05, 0) is 50.6 Å². The largest absolute Gasteiger partial charge is 0.308 e. The number of rotatable bonds is 5. The molecule has 2 rings (SSSR count). The molecule has 1 aromatic rings. The average Bonchev–Trinajstić information content (AvgIpc) is 2.41. The van der Waals surface area contributed by atoms with Crippen LogP contribution in [0.1, 0.15) is 44.2 Å². The maximum Gasteiger partial charge on any atom is 0.0318 e. The van der Waals surface area contributed by atoms with E-state index in [1.807, 2.05) is 0 Å². The molecule has 1 saturated heterocycles. The molecule has 0 radical (unpaired) electrons. The normalized spacial score (nSPS) is 22.4. The van der Waals surface area contributed by atoms with Crippen LogP contribution in [0.3, 0.4) is 0 Å². The summed E-state index contributed by atoms with van der Waals surface area (Å²) < 4.78 is 1.17. The quantitative estimate of drug-likeness (QED) is 0.881. The summed E-state index contributed by atoms with van der Waals surface area (Å²) in [5.41, 5.74) is 1.38. The van der Waals surface area contributed by atoms with Crippen molar-refractivity contribution < 1.29 is 0 Å². The number of hydrogen-bond donors (Lipinski definition) is 1. The Labute approximate surface area is 125 Å². The lowest BCUT2D eigenvalue weighted by Gasteiger charge is -2.33. The van der Waals surface area contributed by atoms with Crippen LogP contribution >= 0.6 is 15.9 Å². The summed E-state index contributed by atoms with van der Waals surface area (Å²) in [6.45, 7) is 4.60. The van der Waals surface area contributed by atoms with E-state index in [9.17, 15) is 0 Å². The van der Waals surface area contributed by atoms with Crippen molar-refractivity contribution in [1.29, 1.82) is 0 Å². The summed E-state index contributed by atoms with van der Waals surface area (Å²) in [5, 5.41) is 3.75. The highest BCUT2D eigenvalue weighted by atomic mass is 79.9. The van der Waals surface area contributed by atoms with Gasteiger partial charge in [-0.3, -0.25) is 0 Å². The third-order valence-electron chi connectivity index (χ3n) is 4.18. The van der Waals surface area contributed by atoms with Crippen LogP contribution in [0.4, 0.5) is 0 Å². The van der Waals surface area contributed by atoms with E-state index in [0.29, 0.717) is 12.1 Å². The zero-order valence-corrected chi connectivity index (χ0v) is 13.6. The Morgan fingerprint density at radius 2 is 2.26 bits per heavy atom. The molecule has 106 valence electrons. The monoisotopic (exact) mass is 324 g/mol. The van der Waals surface area contributed by atoms with Crippen LogP contribution in [0.5, 0.6) is 0 Å². The number of halogens is 1. The molecule has 1 aromatic carbocycles. The van der Waals surface area contributed by atoms with Gasteiger partial charge < -0.3 is 10.2 Å². The van der Waals surface area contributed by atoms with Gasteiger partial charge in [0.1, 0.15) is 0 Å². The first-order chi connectivity index (χ1) is 9.20. The second-order valence-electron chi connectivity index (χ2n) is 5.55. The zero-order chi connectivity index (χ0) is 13.7. The molecule has 3 heteroatoms. The lowest BCUT2D eigenvalue weighted by Crippen LogP contribution is -2.43. The Hall–Kier alpha value is -0.380. The van der Waals surface area contributed by atoms with Crippen molar-refractivity contribution in [3.05, 3.63) is 34.3 Å². The second kappa shape index (κ2) is 7.41. The van der Waals surface area contributed by atoms with Crippen LogP contribution < -0.4 is 5.32 Å². The van der Waals surface area contributed by atoms with Crippen molar-refractivity contribution in [3.8, 4) is 0 Å². The van der Waals surface area contributed by atoms with E-state index in [0.717, 1.165) is 13.0 Å². The summed E-state index contributed by atoms with van der Waals surface area (Å²) in [6.07, 6.45) is 5.20. The van der Waals surface area contributed by atoms with Crippen LogP contribution in [0.25, 0.3) is 0 Å². The molecule has 2 atom stereocenters. The van der Waals surface area contributed by atoms with E-state index >= 15 is 0 Å². The van der Waals surface area contributed by atoms with Crippen LogP contribution in [0.2, 0.25) is 0 Å². The van der Waals surface area contributed by atoms with Crippen LogP contribution in [-0.4, -0.2) is 31.1 Å². The van der Waals surface area contributed by atoms with E-state index < -0.39 is 0 Å². The lowest BCUT2D eigenvalue weighted by atomic mass is 10.0. The van der Waals surface area contributed by atoms with E-state index in [4.69, 9.17) is 0 Å². The summed E-state index contributed by atoms with van der Waals surface area (Å²) in [6, 6.07) is 9.83. The maximum atomic E-state index is 3.75. The van der Waals surface area contributed by atoms with Gasteiger partial charge in [-0.2, -0.15) is 0 Å². The number of benzene rings is 1. The first kappa shape index (κ1) is 15.0. The minimum atomic E-state index is 0.466. The summed E-state index contributed by atoms with van der Waals surface area (Å²) in [4.78, 5) is 2.50. The number of nitrogens with one attached hydrogen (secondary N) is 1. The molecule has 1 heterocycles. The van der Waals surface area contributed by atoms with E-state index in [-0.39, 0.29) is 0 Å². The molecule has 0 spiro atoms. The molecule has 2 unspecified atom stereocenters. The minimum Gasteiger partial charge on any atom is -0.308 e.